The van der Waals surface area contributed by atoms with Gasteiger partial charge < -0.3 is 10.1 Å². The summed E-state index contributed by atoms with van der Waals surface area (Å²) in [4.78, 5) is 13.1. The van der Waals surface area contributed by atoms with E-state index in [0.717, 1.165) is 6.42 Å². The summed E-state index contributed by atoms with van der Waals surface area (Å²) in [6.07, 6.45) is 2.21. The highest BCUT2D eigenvalue weighted by atomic mass is 32.2. The first-order chi connectivity index (χ1) is 12.8. The minimum atomic E-state index is -3.63. The van der Waals surface area contributed by atoms with Gasteiger partial charge in [0.2, 0.25) is 15.9 Å². The van der Waals surface area contributed by atoms with E-state index in [1.165, 1.54) is 4.31 Å². The average Bonchev–Trinajstić information content (AvgIpc) is 2.59. The number of ether oxygens (including phenoxy) is 1. The third-order valence-corrected chi connectivity index (χ3v) is 6.77. The van der Waals surface area contributed by atoms with E-state index in [0.29, 0.717) is 25.1 Å². The summed E-state index contributed by atoms with van der Waals surface area (Å²) in [5, 5.41) is 3.13. The summed E-state index contributed by atoms with van der Waals surface area (Å²) in [5.74, 6) is 0.209. The smallest absolute Gasteiger partial charge is 0.243 e. The van der Waals surface area contributed by atoms with Gasteiger partial charge in [0.1, 0.15) is 5.75 Å². The van der Waals surface area contributed by atoms with Crippen LogP contribution in [0.3, 0.4) is 0 Å². The minimum absolute atomic E-state index is 0.0659. The van der Waals surface area contributed by atoms with Crippen LogP contribution in [0, 0.1) is 11.3 Å². The third-order valence-electron chi connectivity index (χ3n) is 4.89. The molecular formula is C21H34N2O4S. The van der Waals surface area contributed by atoms with E-state index < -0.39 is 10.0 Å². The second-order valence-corrected chi connectivity index (χ2v) is 11.4. The van der Waals surface area contributed by atoms with Crippen molar-refractivity contribution in [3.8, 4) is 5.75 Å². The molecule has 1 N–H and O–H groups in total. The number of piperidine rings is 1. The number of carbonyl (C=O) groups is 1. The fourth-order valence-electron chi connectivity index (χ4n) is 4.08. The first kappa shape index (κ1) is 22.7. The van der Waals surface area contributed by atoms with Crippen molar-refractivity contribution in [3.05, 3.63) is 24.3 Å². The summed E-state index contributed by atoms with van der Waals surface area (Å²) in [7, 11) is -2.09. The fraction of sp³-hybridized carbons (Fsp3) is 0.667. The lowest BCUT2D eigenvalue weighted by molar-refractivity contribution is -0.128. The molecule has 0 radical (unpaired) electrons. The predicted octanol–water partition coefficient (Wildman–Crippen LogP) is 3.43. The van der Waals surface area contributed by atoms with Gasteiger partial charge in [0, 0.05) is 18.6 Å². The molecule has 1 aliphatic rings. The molecule has 0 saturated carbocycles. The van der Waals surface area contributed by atoms with Crippen LogP contribution in [-0.2, 0) is 14.8 Å². The molecule has 2 rings (SSSR count). The second-order valence-electron chi connectivity index (χ2n) is 9.49. The molecule has 1 aromatic carbocycles. The molecule has 1 saturated heterocycles. The van der Waals surface area contributed by atoms with Crippen molar-refractivity contribution in [3.63, 3.8) is 0 Å². The molecule has 28 heavy (non-hydrogen) atoms. The molecule has 0 unspecified atom stereocenters. The number of carbonyl (C=O) groups excluding carboxylic acids is 1. The second kappa shape index (κ2) is 8.41. The van der Waals surface area contributed by atoms with Crippen molar-refractivity contribution in [2.24, 2.45) is 11.3 Å². The Kier molecular flexibility index (Phi) is 6.82. The van der Waals surface area contributed by atoms with Crippen LogP contribution in [-0.4, -0.2) is 44.4 Å². The van der Waals surface area contributed by atoms with Crippen LogP contribution in [0.1, 0.15) is 53.9 Å². The maximum atomic E-state index is 13.0. The summed E-state index contributed by atoms with van der Waals surface area (Å²) in [6, 6.07) is 6.36. The number of nitrogens with zero attached hydrogens (tertiary/aromatic N) is 1. The maximum absolute atomic E-state index is 13.0. The first-order valence-electron chi connectivity index (χ1n) is 9.80. The molecule has 0 aliphatic carbocycles. The summed E-state index contributed by atoms with van der Waals surface area (Å²) >= 11 is 0. The standard InChI is InChI=1S/C21H34N2O4S/c1-20(2,3)15-21(4,5)22-19(24)16-8-7-13-23(14-16)28(25,26)18-11-9-17(27-6)10-12-18/h9-12,16H,7-8,13-15H2,1-6H3,(H,22,24)/t16-/m1/s1. The highest BCUT2D eigenvalue weighted by Crippen LogP contribution is 2.29. The number of benzene rings is 1. The first-order valence-corrected chi connectivity index (χ1v) is 11.2. The number of methoxy groups -OCH3 is 1. The maximum Gasteiger partial charge on any atom is 0.243 e. The summed E-state index contributed by atoms with van der Waals surface area (Å²) in [5.41, 5.74) is -0.250. The molecule has 0 bridgehead atoms. The van der Waals surface area contributed by atoms with E-state index in [-0.39, 0.29) is 34.2 Å². The van der Waals surface area contributed by atoms with Gasteiger partial charge in [-0.1, -0.05) is 20.8 Å². The van der Waals surface area contributed by atoms with Crippen LogP contribution in [0.15, 0.2) is 29.2 Å². The molecule has 0 aromatic heterocycles. The normalized spacial score (nSPS) is 19.3. The zero-order valence-corrected chi connectivity index (χ0v) is 18.7. The van der Waals surface area contributed by atoms with E-state index in [1.807, 2.05) is 13.8 Å². The zero-order valence-electron chi connectivity index (χ0n) is 17.9. The monoisotopic (exact) mass is 410 g/mol. The molecule has 1 amide bonds. The average molecular weight is 411 g/mol. The van der Waals surface area contributed by atoms with Crippen molar-refractivity contribution >= 4 is 15.9 Å². The molecule has 1 aliphatic heterocycles. The lowest BCUT2D eigenvalue weighted by atomic mass is 9.81. The highest BCUT2D eigenvalue weighted by molar-refractivity contribution is 7.89. The predicted molar refractivity (Wildman–Crippen MR) is 111 cm³/mol. The molecule has 7 heteroatoms. The van der Waals surface area contributed by atoms with Crippen molar-refractivity contribution in [2.75, 3.05) is 20.2 Å². The van der Waals surface area contributed by atoms with Crippen molar-refractivity contribution in [1.82, 2.24) is 9.62 Å². The van der Waals surface area contributed by atoms with Gasteiger partial charge in [-0.3, -0.25) is 4.79 Å². The van der Waals surface area contributed by atoms with Gasteiger partial charge in [0.05, 0.1) is 17.9 Å². The van der Waals surface area contributed by atoms with Gasteiger partial charge >= 0.3 is 0 Å². The molecular weight excluding hydrogens is 376 g/mol. The Morgan fingerprint density at radius 2 is 1.79 bits per heavy atom. The number of sulfonamides is 1. The quantitative estimate of drug-likeness (QED) is 0.780. The van der Waals surface area contributed by atoms with Gasteiger partial charge in [-0.25, -0.2) is 8.42 Å². The number of amides is 1. The van der Waals surface area contributed by atoms with Crippen molar-refractivity contribution in [1.29, 1.82) is 0 Å². The number of hydrogen-bond donors (Lipinski definition) is 1. The van der Waals surface area contributed by atoms with Crippen LogP contribution >= 0.6 is 0 Å². The van der Waals surface area contributed by atoms with E-state index in [4.69, 9.17) is 4.74 Å². The highest BCUT2D eigenvalue weighted by Gasteiger charge is 2.35. The van der Waals surface area contributed by atoms with Crippen LogP contribution < -0.4 is 10.1 Å². The zero-order chi connectivity index (χ0) is 21.2. The Balaban J connectivity index is 2.09. The lowest BCUT2D eigenvalue weighted by Crippen LogP contribution is -2.51. The van der Waals surface area contributed by atoms with Crippen LogP contribution in [0.4, 0.5) is 0 Å². The fourth-order valence-corrected chi connectivity index (χ4v) is 5.60. The van der Waals surface area contributed by atoms with Gasteiger partial charge in [0.25, 0.3) is 0 Å². The van der Waals surface area contributed by atoms with Crippen LogP contribution in [0.25, 0.3) is 0 Å². The van der Waals surface area contributed by atoms with Gasteiger partial charge in [-0.15, -0.1) is 0 Å². The molecule has 1 atom stereocenters. The molecule has 1 aromatic rings. The van der Waals surface area contributed by atoms with Crippen molar-refractivity contribution in [2.45, 2.75) is 64.3 Å². The van der Waals surface area contributed by atoms with Gasteiger partial charge in [-0.2, -0.15) is 4.31 Å². The Labute approximate surface area is 169 Å². The Morgan fingerprint density at radius 1 is 1.18 bits per heavy atom. The molecule has 158 valence electrons. The lowest BCUT2D eigenvalue weighted by Gasteiger charge is -2.36. The van der Waals surface area contributed by atoms with Crippen LogP contribution in [0.2, 0.25) is 0 Å². The summed E-state index contributed by atoms with van der Waals surface area (Å²) < 4.78 is 32.5. The van der Waals surface area contributed by atoms with E-state index >= 15 is 0 Å². The minimum Gasteiger partial charge on any atom is -0.497 e. The Morgan fingerprint density at radius 3 is 2.32 bits per heavy atom. The molecule has 1 heterocycles. The SMILES string of the molecule is COc1ccc(S(=O)(=O)N2CCC[C@@H](C(=O)NC(C)(C)CC(C)(C)C)C2)cc1. The van der Waals surface area contributed by atoms with Crippen LogP contribution in [0.5, 0.6) is 5.75 Å². The third kappa shape index (κ3) is 5.95. The number of rotatable bonds is 6. The summed E-state index contributed by atoms with van der Waals surface area (Å²) in [6.45, 7) is 11.1. The topological polar surface area (TPSA) is 75.7 Å². The van der Waals surface area contributed by atoms with E-state index in [9.17, 15) is 13.2 Å². The largest absolute Gasteiger partial charge is 0.497 e. The molecule has 6 nitrogen and oxygen atoms in total. The Hall–Kier alpha value is -1.60. The van der Waals surface area contributed by atoms with Gasteiger partial charge in [0.15, 0.2) is 0 Å². The number of hydrogen-bond acceptors (Lipinski definition) is 4. The Bertz CT molecular complexity index is 780. The molecule has 0 spiro atoms. The van der Waals surface area contributed by atoms with Gasteiger partial charge in [-0.05, 0) is 62.8 Å². The number of nitrogens with one attached hydrogen (secondary N) is 1. The molecule has 1 fully saturated rings. The van der Waals surface area contributed by atoms with E-state index in [1.54, 1.807) is 31.4 Å². The van der Waals surface area contributed by atoms with E-state index in [2.05, 4.69) is 26.1 Å². The van der Waals surface area contributed by atoms with Crippen molar-refractivity contribution < 1.29 is 17.9 Å².